The Morgan fingerprint density at radius 3 is 2.75 bits per heavy atom. The number of amides is 2. The normalized spacial score (nSPS) is 14.4. The van der Waals surface area contributed by atoms with Crippen molar-refractivity contribution in [2.45, 2.75) is 13.5 Å². The van der Waals surface area contributed by atoms with Crippen LogP contribution in [0.15, 0.2) is 47.1 Å². The van der Waals surface area contributed by atoms with Gasteiger partial charge in [-0.15, -0.1) is 0 Å². The molecule has 1 N–H and O–H groups in total. The fraction of sp³-hybridized carbons (Fsp3) is 0.333. The number of nitrogens with one attached hydrogen (secondary N) is 1. The zero-order chi connectivity index (χ0) is 16.9. The maximum absolute atomic E-state index is 12.6. The minimum Gasteiger partial charge on any atom is -0.467 e. The van der Waals surface area contributed by atoms with Crippen LogP contribution >= 0.6 is 0 Å². The van der Waals surface area contributed by atoms with Crippen LogP contribution in [0.1, 0.15) is 11.3 Å². The van der Waals surface area contributed by atoms with Crippen molar-refractivity contribution >= 4 is 17.5 Å². The second-order valence-electron chi connectivity index (χ2n) is 5.94. The molecule has 24 heavy (non-hydrogen) atoms. The number of hydrogen-bond donors (Lipinski definition) is 1. The Balaban J connectivity index is 1.75. The van der Waals surface area contributed by atoms with Gasteiger partial charge >= 0.3 is 0 Å². The Hall–Kier alpha value is -2.76. The number of hydrogen-bond acceptors (Lipinski definition) is 4. The first kappa shape index (κ1) is 16.1. The minimum atomic E-state index is -0.109. The van der Waals surface area contributed by atoms with Crippen LogP contribution in [0.3, 0.4) is 0 Å². The van der Waals surface area contributed by atoms with E-state index in [4.69, 9.17) is 4.42 Å². The van der Waals surface area contributed by atoms with E-state index in [1.807, 2.05) is 48.2 Å². The molecule has 6 nitrogen and oxygen atoms in total. The lowest BCUT2D eigenvalue weighted by molar-refractivity contribution is -0.137. The summed E-state index contributed by atoms with van der Waals surface area (Å²) < 4.78 is 5.42. The Morgan fingerprint density at radius 2 is 2.08 bits per heavy atom. The highest BCUT2D eigenvalue weighted by molar-refractivity contribution is 5.88. The van der Waals surface area contributed by atoms with Crippen molar-refractivity contribution in [1.29, 1.82) is 0 Å². The first-order valence-electron chi connectivity index (χ1n) is 8.00. The number of aryl methyl sites for hydroxylation is 1. The van der Waals surface area contributed by atoms with Crippen LogP contribution in [0, 0.1) is 6.92 Å². The van der Waals surface area contributed by atoms with Crippen molar-refractivity contribution in [2.75, 3.05) is 31.1 Å². The summed E-state index contributed by atoms with van der Waals surface area (Å²) in [7, 11) is 0. The predicted molar refractivity (Wildman–Crippen MR) is 90.5 cm³/mol. The Bertz CT molecular complexity index is 695. The number of piperazine rings is 1. The smallest absolute Gasteiger partial charge is 0.242 e. The number of benzene rings is 1. The first-order valence-corrected chi connectivity index (χ1v) is 8.00. The van der Waals surface area contributed by atoms with Crippen molar-refractivity contribution in [2.24, 2.45) is 0 Å². The van der Waals surface area contributed by atoms with Crippen molar-refractivity contribution in [1.82, 2.24) is 10.2 Å². The number of furan rings is 1. The van der Waals surface area contributed by atoms with Crippen LogP contribution in [0.4, 0.5) is 5.69 Å². The first-order chi connectivity index (χ1) is 11.6. The molecular weight excluding hydrogens is 306 g/mol. The highest BCUT2D eigenvalue weighted by Gasteiger charge is 2.23. The molecule has 1 aromatic heterocycles. The fourth-order valence-electron chi connectivity index (χ4n) is 2.70. The molecule has 1 fully saturated rings. The molecule has 1 saturated heterocycles. The SMILES string of the molecule is Cc1ccc(N(CC(=O)N2CCNC(=O)C2)Cc2ccco2)cc1. The summed E-state index contributed by atoms with van der Waals surface area (Å²) in [4.78, 5) is 27.7. The number of carbonyl (C=O) groups excluding carboxylic acids is 2. The van der Waals surface area contributed by atoms with Crippen LogP contribution in [0.25, 0.3) is 0 Å². The summed E-state index contributed by atoms with van der Waals surface area (Å²) in [6, 6.07) is 11.7. The summed E-state index contributed by atoms with van der Waals surface area (Å²) >= 11 is 0. The Labute approximate surface area is 141 Å². The second-order valence-corrected chi connectivity index (χ2v) is 5.94. The van der Waals surface area contributed by atoms with E-state index in [9.17, 15) is 9.59 Å². The molecule has 0 radical (unpaired) electrons. The van der Waals surface area contributed by atoms with Gasteiger partial charge < -0.3 is 19.5 Å². The molecular formula is C18H21N3O3. The van der Waals surface area contributed by atoms with Gasteiger partial charge in [-0.2, -0.15) is 0 Å². The summed E-state index contributed by atoms with van der Waals surface area (Å²) in [5.74, 6) is 0.624. The van der Waals surface area contributed by atoms with Gasteiger partial charge in [0, 0.05) is 18.8 Å². The predicted octanol–water partition coefficient (Wildman–Crippen LogP) is 1.55. The van der Waals surface area contributed by atoms with Crippen molar-refractivity contribution < 1.29 is 14.0 Å². The minimum absolute atomic E-state index is 0.0584. The molecule has 0 aliphatic carbocycles. The average Bonchev–Trinajstić information content (AvgIpc) is 3.08. The van der Waals surface area contributed by atoms with Crippen LogP contribution < -0.4 is 10.2 Å². The van der Waals surface area contributed by atoms with Crippen molar-refractivity contribution in [3.05, 3.63) is 54.0 Å². The number of anilines is 1. The maximum Gasteiger partial charge on any atom is 0.242 e. The highest BCUT2D eigenvalue weighted by Crippen LogP contribution is 2.18. The van der Waals surface area contributed by atoms with Gasteiger partial charge in [-0.25, -0.2) is 0 Å². The fourth-order valence-corrected chi connectivity index (χ4v) is 2.70. The van der Waals surface area contributed by atoms with E-state index in [-0.39, 0.29) is 24.9 Å². The molecule has 0 saturated carbocycles. The standard InChI is InChI=1S/C18H21N3O3/c1-14-4-6-15(7-5-14)21(11-16-3-2-10-24-16)13-18(23)20-9-8-19-17(22)12-20/h2-7,10H,8-9,11-13H2,1H3,(H,19,22). The van der Waals surface area contributed by atoms with E-state index in [1.54, 1.807) is 11.2 Å². The van der Waals surface area contributed by atoms with E-state index in [0.29, 0.717) is 19.6 Å². The van der Waals surface area contributed by atoms with Crippen molar-refractivity contribution in [3.8, 4) is 0 Å². The molecule has 3 rings (SSSR count). The third-order valence-electron chi connectivity index (χ3n) is 4.04. The van der Waals surface area contributed by atoms with Gasteiger partial charge in [-0.3, -0.25) is 9.59 Å². The van der Waals surface area contributed by atoms with Crippen LogP contribution in [-0.4, -0.2) is 42.9 Å². The quantitative estimate of drug-likeness (QED) is 0.905. The summed E-state index contributed by atoms with van der Waals surface area (Å²) in [6.07, 6.45) is 1.62. The van der Waals surface area contributed by atoms with Crippen LogP contribution in [0.5, 0.6) is 0 Å². The van der Waals surface area contributed by atoms with Gasteiger partial charge in [-0.1, -0.05) is 17.7 Å². The molecule has 1 aromatic carbocycles. The van der Waals surface area contributed by atoms with E-state index in [2.05, 4.69) is 5.32 Å². The molecule has 126 valence electrons. The van der Waals surface area contributed by atoms with Crippen LogP contribution in [0.2, 0.25) is 0 Å². The van der Waals surface area contributed by atoms with E-state index < -0.39 is 0 Å². The number of rotatable bonds is 5. The maximum atomic E-state index is 12.6. The molecule has 2 amide bonds. The number of nitrogens with zero attached hydrogens (tertiary/aromatic N) is 2. The van der Waals surface area contributed by atoms with Gasteiger partial charge in [0.1, 0.15) is 5.76 Å². The van der Waals surface area contributed by atoms with Gasteiger partial charge in [0.2, 0.25) is 11.8 Å². The lowest BCUT2D eigenvalue weighted by atomic mass is 10.2. The topological polar surface area (TPSA) is 65.8 Å². The molecule has 6 heteroatoms. The molecule has 1 aliphatic rings. The van der Waals surface area contributed by atoms with Gasteiger partial charge in [0.15, 0.2) is 0 Å². The van der Waals surface area contributed by atoms with Crippen LogP contribution in [-0.2, 0) is 16.1 Å². The van der Waals surface area contributed by atoms with Crippen molar-refractivity contribution in [3.63, 3.8) is 0 Å². The Kier molecular flexibility index (Phi) is 4.84. The lowest BCUT2D eigenvalue weighted by Gasteiger charge is -2.30. The molecule has 0 bridgehead atoms. The number of carbonyl (C=O) groups is 2. The van der Waals surface area contributed by atoms with E-state index in [1.165, 1.54) is 0 Å². The largest absolute Gasteiger partial charge is 0.467 e. The third kappa shape index (κ3) is 3.95. The average molecular weight is 327 g/mol. The summed E-state index contributed by atoms with van der Waals surface area (Å²) in [5.41, 5.74) is 2.11. The summed E-state index contributed by atoms with van der Waals surface area (Å²) in [6.45, 7) is 3.92. The van der Waals surface area contributed by atoms with Gasteiger partial charge in [0.25, 0.3) is 0 Å². The molecule has 0 unspecified atom stereocenters. The zero-order valence-corrected chi connectivity index (χ0v) is 13.7. The lowest BCUT2D eigenvalue weighted by Crippen LogP contribution is -2.52. The van der Waals surface area contributed by atoms with E-state index >= 15 is 0 Å². The second kappa shape index (κ2) is 7.21. The monoisotopic (exact) mass is 327 g/mol. The molecule has 1 aliphatic heterocycles. The third-order valence-corrected chi connectivity index (χ3v) is 4.04. The molecule has 0 spiro atoms. The molecule has 0 atom stereocenters. The summed E-state index contributed by atoms with van der Waals surface area (Å²) in [5, 5.41) is 2.73. The zero-order valence-electron chi connectivity index (χ0n) is 13.7. The molecule has 2 heterocycles. The van der Waals surface area contributed by atoms with E-state index in [0.717, 1.165) is 17.0 Å². The molecule has 2 aromatic rings. The highest BCUT2D eigenvalue weighted by atomic mass is 16.3. The Morgan fingerprint density at radius 1 is 1.29 bits per heavy atom. The van der Waals surface area contributed by atoms with Gasteiger partial charge in [0.05, 0.1) is 25.9 Å². The van der Waals surface area contributed by atoms with Gasteiger partial charge in [-0.05, 0) is 31.2 Å².